The van der Waals surface area contributed by atoms with E-state index >= 15 is 0 Å². The molecule has 0 bridgehead atoms. The number of urea groups is 1. The maximum absolute atomic E-state index is 14.2. The number of nitrogens with zero attached hydrogens (tertiary/aromatic N) is 5. The summed E-state index contributed by atoms with van der Waals surface area (Å²) in [6, 6.07) is -1.36. The molecule has 2 aromatic heterocycles. The van der Waals surface area contributed by atoms with Crippen LogP contribution in [-0.2, 0) is 9.59 Å². The van der Waals surface area contributed by atoms with Gasteiger partial charge in [-0.15, -0.1) is 22.7 Å². The zero-order chi connectivity index (χ0) is 30.0. The van der Waals surface area contributed by atoms with Crippen molar-refractivity contribution < 1.29 is 19.2 Å². The second-order valence-corrected chi connectivity index (χ2v) is 14.0. The molecular formula is C27H36N7O4S3. The Morgan fingerprint density at radius 2 is 1.80 bits per heavy atom. The lowest BCUT2D eigenvalue weighted by Gasteiger charge is -2.27. The van der Waals surface area contributed by atoms with Gasteiger partial charge in [-0.05, 0) is 44.9 Å². The Labute approximate surface area is 252 Å². The Kier molecular flexibility index (Phi) is 9.88. The summed E-state index contributed by atoms with van der Waals surface area (Å²) in [7, 11) is 0. The summed E-state index contributed by atoms with van der Waals surface area (Å²) in [6.45, 7) is 12.3. The minimum Gasteiger partial charge on any atom is -0.345 e. The van der Waals surface area contributed by atoms with E-state index < -0.39 is 29.3 Å². The van der Waals surface area contributed by atoms with Gasteiger partial charge in [0, 0.05) is 29.0 Å². The summed E-state index contributed by atoms with van der Waals surface area (Å²) >= 11 is 3.87. The molecule has 0 spiro atoms. The number of rotatable bonds is 11. The average molecular weight is 619 g/mol. The first-order valence-electron chi connectivity index (χ1n) is 13.5. The lowest BCUT2D eigenvalue weighted by molar-refractivity contribution is -0.125. The van der Waals surface area contributed by atoms with Gasteiger partial charge in [0.05, 0.1) is 15.6 Å². The molecule has 41 heavy (non-hydrogen) atoms. The Hall–Kier alpha value is -2.81. The number of hydrogen-bond acceptors (Lipinski definition) is 11. The second kappa shape index (κ2) is 13.0. The smallest absolute Gasteiger partial charge is 0.337 e. The number of nitrogens with two attached hydrogens (primary N) is 1. The maximum Gasteiger partial charge on any atom is 0.337 e. The van der Waals surface area contributed by atoms with Crippen LogP contribution >= 0.6 is 34.4 Å². The third-order valence-electron chi connectivity index (χ3n) is 6.67. The molecule has 0 aromatic carbocycles. The number of hydrazine groups is 1. The highest BCUT2D eigenvalue weighted by Crippen LogP contribution is 2.48. The molecule has 2 atom stereocenters. The Balaban J connectivity index is 1.71. The van der Waals surface area contributed by atoms with E-state index in [2.05, 4.69) is 34.1 Å². The van der Waals surface area contributed by atoms with Crippen molar-refractivity contribution in [2.75, 3.05) is 11.4 Å². The molecule has 14 heteroatoms. The van der Waals surface area contributed by atoms with Gasteiger partial charge in [0.1, 0.15) is 17.1 Å². The van der Waals surface area contributed by atoms with Crippen molar-refractivity contribution in [1.82, 2.24) is 25.2 Å². The number of carbonyl (C=O) groups is 3. The van der Waals surface area contributed by atoms with E-state index in [9.17, 15) is 19.2 Å². The third-order valence-corrected chi connectivity index (χ3v) is 9.72. The van der Waals surface area contributed by atoms with Crippen LogP contribution in [-0.4, -0.2) is 62.5 Å². The van der Waals surface area contributed by atoms with Crippen LogP contribution in [0.1, 0.15) is 80.4 Å². The Morgan fingerprint density at radius 1 is 1.10 bits per heavy atom. The molecule has 4 amide bonds. The number of thioether (sulfide) groups is 1. The number of anilines is 1. The minimum atomic E-state index is -1.13. The van der Waals surface area contributed by atoms with E-state index in [1.165, 1.54) is 27.6 Å². The molecule has 11 nitrogen and oxygen atoms in total. The van der Waals surface area contributed by atoms with Gasteiger partial charge in [-0.3, -0.25) is 29.6 Å². The van der Waals surface area contributed by atoms with Crippen molar-refractivity contribution in [2.24, 2.45) is 17.7 Å². The Bertz CT molecular complexity index is 1330. The van der Waals surface area contributed by atoms with Crippen molar-refractivity contribution in [1.29, 1.82) is 0 Å². The highest BCUT2D eigenvalue weighted by Gasteiger charge is 2.44. The number of aryl methyl sites for hydroxylation is 1. The first-order chi connectivity index (χ1) is 19.5. The van der Waals surface area contributed by atoms with E-state index in [4.69, 9.17) is 5.84 Å². The summed E-state index contributed by atoms with van der Waals surface area (Å²) in [4.78, 5) is 67.0. The Morgan fingerprint density at radius 3 is 2.34 bits per heavy atom. The van der Waals surface area contributed by atoms with Gasteiger partial charge in [-0.1, -0.05) is 39.5 Å². The molecule has 1 aliphatic heterocycles. The largest absolute Gasteiger partial charge is 0.345 e. The van der Waals surface area contributed by atoms with Crippen LogP contribution in [0.3, 0.4) is 0 Å². The number of thiazole rings is 2. The first-order valence-corrected chi connectivity index (χ1v) is 16.2. The van der Waals surface area contributed by atoms with Gasteiger partial charge in [-0.2, -0.15) is 0 Å². The molecule has 3 heterocycles. The van der Waals surface area contributed by atoms with Crippen LogP contribution in [0.4, 0.5) is 9.93 Å². The van der Waals surface area contributed by atoms with Gasteiger partial charge < -0.3 is 4.90 Å². The summed E-state index contributed by atoms with van der Waals surface area (Å²) in [5.74, 6) is 4.52. The van der Waals surface area contributed by atoms with E-state index in [-0.39, 0.29) is 22.9 Å². The van der Waals surface area contributed by atoms with Crippen LogP contribution in [0, 0.1) is 18.8 Å². The average Bonchev–Trinajstić information content (AvgIpc) is 3.31. The second-order valence-electron chi connectivity index (χ2n) is 11.0. The zero-order valence-electron chi connectivity index (χ0n) is 24.0. The summed E-state index contributed by atoms with van der Waals surface area (Å²) in [5.41, 5.74) is 3.11. The summed E-state index contributed by atoms with van der Waals surface area (Å²) < 4.78 is 0. The van der Waals surface area contributed by atoms with Crippen LogP contribution in [0.2, 0.25) is 0 Å². The van der Waals surface area contributed by atoms with Gasteiger partial charge >= 0.3 is 6.03 Å². The third kappa shape index (κ3) is 6.82. The van der Waals surface area contributed by atoms with Crippen LogP contribution < -0.4 is 16.2 Å². The number of aromatic nitrogens is 2. The molecular weight excluding hydrogens is 583 g/mol. The normalized spacial score (nSPS) is 17.8. The van der Waals surface area contributed by atoms with Crippen LogP contribution in [0.25, 0.3) is 0 Å². The van der Waals surface area contributed by atoms with Gasteiger partial charge in [-0.25, -0.2) is 20.6 Å². The summed E-state index contributed by atoms with van der Waals surface area (Å²) in [6.07, 6.45) is 4.31. The SMILES string of the molecule is CC1=C(C(=O)N(C(=O)c2csc(N(CC(C)C)C3CC3)n2)[C@H]([C]=O)CC(C)C)SC(c2csc(C)n2)N1C(=O)NN. The number of imide groups is 1. The molecule has 4 rings (SSSR count). The van der Waals surface area contributed by atoms with E-state index in [0.29, 0.717) is 23.4 Å². The fourth-order valence-electron chi connectivity index (χ4n) is 4.67. The number of hydrogen-bond donors (Lipinski definition) is 2. The summed E-state index contributed by atoms with van der Waals surface area (Å²) in [5, 5.41) is 4.31. The van der Waals surface area contributed by atoms with Gasteiger partial charge in [0.15, 0.2) is 5.13 Å². The van der Waals surface area contributed by atoms with Crippen molar-refractivity contribution in [3.63, 3.8) is 0 Å². The molecule has 221 valence electrons. The molecule has 2 aromatic rings. The van der Waals surface area contributed by atoms with Crippen molar-refractivity contribution in [3.05, 3.63) is 37.8 Å². The molecule has 0 saturated heterocycles. The fourth-order valence-corrected chi connectivity index (χ4v) is 7.56. The van der Waals surface area contributed by atoms with E-state index in [1.807, 2.05) is 32.4 Å². The highest BCUT2D eigenvalue weighted by atomic mass is 32.2. The molecule has 1 fully saturated rings. The molecule has 1 unspecified atom stereocenters. The van der Waals surface area contributed by atoms with Gasteiger partial charge in [0.25, 0.3) is 11.8 Å². The van der Waals surface area contributed by atoms with E-state index in [0.717, 1.165) is 46.2 Å². The van der Waals surface area contributed by atoms with E-state index in [1.54, 1.807) is 12.3 Å². The predicted octanol–water partition coefficient (Wildman–Crippen LogP) is 4.59. The minimum absolute atomic E-state index is 0.00324. The quantitative estimate of drug-likeness (QED) is 0.160. The number of allylic oxidation sites excluding steroid dienone is 1. The van der Waals surface area contributed by atoms with Crippen molar-refractivity contribution >= 4 is 63.7 Å². The topological polar surface area (TPSA) is 142 Å². The van der Waals surface area contributed by atoms with Gasteiger partial charge in [0.2, 0.25) is 6.29 Å². The standard InChI is InChI=1S/C27H36N7O4S3/c1-14(2)9-19(11-35)34(23(36)20-12-40-27(30-20)32(10-15(3)4)18-7-8-18)24(37)22-16(5)33(26(38)31-28)25(41-22)21-13-39-17(6)29-21/h12-15,18-19,25H,7-10,28H2,1-6H3,(H,31,38)/t19-,25?/m0/s1. The zero-order valence-corrected chi connectivity index (χ0v) is 26.5. The highest BCUT2D eigenvalue weighted by molar-refractivity contribution is 8.04. The van der Waals surface area contributed by atoms with Crippen molar-refractivity contribution in [3.8, 4) is 0 Å². The number of carbonyl (C=O) groups excluding carboxylic acids is 4. The predicted molar refractivity (Wildman–Crippen MR) is 162 cm³/mol. The molecule has 3 N–H and O–H groups in total. The number of amides is 4. The van der Waals surface area contributed by atoms with Crippen LogP contribution in [0.5, 0.6) is 0 Å². The molecule has 1 radical (unpaired) electrons. The first kappa shape index (κ1) is 31.1. The maximum atomic E-state index is 14.2. The lowest BCUT2D eigenvalue weighted by atomic mass is 10.0. The molecule has 1 aliphatic carbocycles. The lowest BCUT2D eigenvalue weighted by Crippen LogP contribution is -2.47. The monoisotopic (exact) mass is 618 g/mol. The van der Waals surface area contributed by atoms with Crippen LogP contribution in [0.15, 0.2) is 21.4 Å². The number of nitrogens with one attached hydrogen (secondary N) is 1. The van der Waals surface area contributed by atoms with Crippen molar-refractivity contribution in [2.45, 2.75) is 78.3 Å². The fraction of sp³-hybridized carbons (Fsp3) is 0.556. The molecule has 1 saturated carbocycles. The molecule has 2 aliphatic rings.